The van der Waals surface area contributed by atoms with Gasteiger partial charge in [0.1, 0.15) is 0 Å². The van der Waals surface area contributed by atoms with Crippen LogP contribution in [0, 0.1) is 0 Å². The van der Waals surface area contributed by atoms with Crippen LogP contribution in [-0.4, -0.2) is 11.0 Å². The molecule has 0 aromatic rings. The van der Waals surface area contributed by atoms with Gasteiger partial charge in [0.15, 0.2) is 0 Å². The molecule has 0 heterocycles. The number of alkyl halides is 1. The van der Waals surface area contributed by atoms with Gasteiger partial charge in [-0.3, -0.25) is 0 Å². The molecule has 0 spiro atoms. The Hall–Kier alpha value is -0.110. The predicted octanol–water partition coefficient (Wildman–Crippen LogP) is 6.93. The van der Waals surface area contributed by atoms with Crippen LogP contribution in [0.5, 0.6) is 0 Å². The van der Waals surface area contributed by atoms with E-state index in [0.717, 1.165) is 38.5 Å². The second kappa shape index (κ2) is 14.8. The zero-order valence-corrected chi connectivity index (χ0v) is 14.6. The zero-order valence-electron chi connectivity index (χ0n) is 14.6. The van der Waals surface area contributed by atoms with Crippen molar-refractivity contribution in [2.75, 3.05) is 0 Å². The van der Waals surface area contributed by atoms with Gasteiger partial charge in [0.25, 0.3) is 0 Å². The Balaban J connectivity index is 3.28. The molecule has 0 saturated carbocycles. The molecule has 0 aromatic heterocycles. The minimum absolute atomic E-state index is 0.324. The predicted molar refractivity (Wildman–Crippen MR) is 91.3 cm³/mol. The van der Waals surface area contributed by atoms with Crippen molar-refractivity contribution in [1.82, 2.24) is 0 Å². The van der Waals surface area contributed by atoms with Crippen molar-refractivity contribution in [3.63, 3.8) is 0 Å². The second-order valence-electron chi connectivity index (χ2n) is 6.66. The topological polar surface area (TPSA) is 20.2 Å². The molecule has 21 heavy (non-hydrogen) atoms. The van der Waals surface area contributed by atoms with Crippen molar-refractivity contribution in [2.45, 2.75) is 122 Å². The maximum absolute atomic E-state index is 13.8. The highest BCUT2D eigenvalue weighted by Crippen LogP contribution is 2.24. The number of hydrogen-bond donors (Lipinski definition) is 1. The lowest BCUT2D eigenvalue weighted by atomic mass is 10.0. The van der Waals surface area contributed by atoms with E-state index in [4.69, 9.17) is 0 Å². The van der Waals surface area contributed by atoms with Crippen LogP contribution in [0.15, 0.2) is 0 Å². The van der Waals surface area contributed by atoms with Gasteiger partial charge in [-0.25, -0.2) is 4.39 Å². The normalized spacial score (nSPS) is 14.3. The van der Waals surface area contributed by atoms with Crippen LogP contribution in [-0.2, 0) is 0 Å². The Morgan fingerprint density at radius 3 is 1.24 bits per heavy atom. The Kier molecular flexibility index (Phi) is 14.7. The molecule has 0 aliphatic rings. The Morgan fingerprint density at radius 1 is 0.571 bits per heavy atom. The number of halogens is 1. The fourth-order valence-electron chi connectivity index (χ4n) is 2.83. The van der Waals surface area contributed by atoms with Crippen molar-refractivity contribution in [3.05, 3.63) is 0 Å². The van der Waals surface area contributed by atoms with Gasteiger partial charge in [-0.15, -0.1) is 0 Å². The largest absolute Gasteiger partial charge is 0.362 e. The number of unbranched alkanes of at least 4 members (excludes halogenated alkanes) is 12. The van der Waals surface area contributed by atoms with Crippen molar-refractivity contribution in [2.24, 2.45) is 0 Å². The molecule has 0 aliphatic carbocycles. The van der Waals surface area contributed by atoms with E-state index < -0.39 is 5.85 Å². The highest BCUT2D eigenvalue weighted by atomic mass is 19.2. The maximum atomic E-state index is 13.8. The Labute approximate surface area is 132 Å². The highest BCUT2D eigenvalue weighted by molar-refractivity contribution is 4.65. The minimum atomic E-state index is -1.91. The summed E-state index contributed by atoms with van der Waals surface area (Å²) in [5, 5.41) is 9.67. The first-order valence-corrected chi connectivity index (χ1v) is 9.53. The molecule has 0 aliphatic heterocycles. The standard InChI is InChI=1S/C19H39FO/c1-3-5-7-9-10-11-12-13-14-16-18-19(20,21)17-15-8-6-4-2/h21H,3-18H2,1-2H3. The monoisotopic (exact) mass is 302 g/mol. The number of aliphatic hydroxyl groups is 1. The van der Waals surface area contributed by atoms with E-state index in [1.54, 1.807) is 0 Å². The summed E-state index contributed by atoms with van der Waals surface area (Å²) in [7, 11) is 0. The molecular formula is C19H39FO. The second-order valence-corrected chi connectivity index (χ2v) is 6.66. The zero-order chi connectivity index (χ0) is 15.8. The molecule has 1 atom stereocenters. The molecule has 0 radical (unpaired) electrons. The van der Waals surface area contributed by atoms with E-state index in [2.05, 4.69) is 13.8 Å². The van der Waals surface area contributed by atoms with Gasteiger partial charge in [-0.05, 0) is 12.8 Å². The van der Waals surface area contributed by atoms with E-state index in [1.165, 1.54) is 51.4 Å². The molecule has 2 heteroatoms. The molecule has 1 nitrogen and oxygen atoms in total. The van der Waals surface area contributed by atoms with Gasteiger partial charge in [0.2, 0.25) is 5.85 Å². The lowest BCUT2D eigenvalue weighted by molar-refractivity contribution is -0.103. The minimum Gasteiger partial charge on any atom is -0.362 e. The summed E-state index contributed by atoms with van der Waals surface area (Å²) in [4.78, 5) is 0. The summed E-state index contributed by atoms with van der Waals surface area (Å²) in [5.41, 5.74) is 0. The molecule has 0 saturated heterocycles. The third kappa shape index (κ3) is 16.1. The average molecular weight is 303 g/mol. The molecule has 0 fully saturated rings. The fourth-order valence-corrected chi connectivity index (χ4v) is 2.83. The molecular weight excluding hydrogens is 263 g/mol. The SMILES string of the molecule is CCCCCCCCCCCCC(O)(F)CCCCCC. The summed E-state index contributed by atoms with van der Waals surface area (Å²) >= 11 is 0. The Morgan fingerprint density at radius 2 is 0.857 bits per heavy atom. The van der Waals surface area contributed by atoms with E-state index in [-0.39, 0.29) is 0 Å². The summed E-state index contributed by atoms with van der Waals surface area (Å²) in [5.74, 6) is -1.91. The van der Waals surface area contributed by atoms with Gasteiger partial charge in [-0.2, -0.15) is 0 Å². The molecule has 128 valence electrons. The van der Waals surface area contributed by atoms with Crippen LogP contribution in [0.4, 0.5) is 4.39 Å². The smallest absolute Gasteiger partial charge is 0.206 e. The lowest BCUT2D eigenvalue weighted by Gasteiger charge is -2.18. The average Bonchev–Trinajstić information content (AvgIpc) is 2.45. The van der Waals surface area contributed by atoms with Crippen molar-refractivity contribution < 1.29 is 9.50 Å². The first-order valence-electron chi connectivity index (χ1n) is 9.53. The lowest BCUT2D eigenvalue weighted by Crippen LogP contribution is -2.21. The summed E-state index contributed by atoms with van der Waals surface area (Å²) in [6.45, 7) is 4.39. The van der Waals surface area contributed by atoms with Crippen LogP contribution >= 0.6 is 0 Å². The van der Waals surface area contributed by atoms with Crippen molar-refractivity contribution in [1.29, 1.82) is 0 Å². The van der Waals surface area contributed by atoms with Crippen molar-refractivity contribution >= 4 is 0 Å². The highest BCUT2D eigenvalue weighted by Gasteiger charge is 2.23. The third-order valence-electron chi connectivity index (χ3n) is 4.33. The van der Waals surface area contributed by atoms with Gasteiger partial charge in [0, 0.05) is 12.8 Å². The van der Waals surface area contributed by atoms with Crippen LogP contribution in [0.1, 0.15) is 117 Å². The molecule has 0 amide bonds. The number of hydrogen-bond acceptors (Lipinski definition) is 1. The summed E-state index contributed by atoms with van der Waals surface area (Å²) in [6, 6.07) is 0. The van der Waals surface area contributed by atoms with Crippen LogP contribution < -0.4 is 0 Å². The van der Waals surface area contributed by atoms with Gasteiger partial charge < -0.3 is 5.11 Å². The maximum Gasteiger partial charge on any atom is 0.206 e. The molecule has 0 aromatic carbocycles. The van der Waals surface area contributed by atoms with E-state index in [1.807, 2.05) is 0 Å². The quantitative estimate of drug-likeness (QED) is 0.307. The fraction of sp³-hybridized carbons (Fsp3) is 1.00. The van der Waals surface area contributed by atoms with Crippen LogP contribution in [0.25, 0.3) is 0 Å². The molecule has 1 unspecified atom stereocenters. The summed E-state index contributed by atoms with van der Waals surface area (Å²) in [6.07, 6.45) is 17.3. The molecule has 1 N–H and O–H groups in total. The van der Waals surface area contributed by atoms with E-state index in [0.29, 0.717) is 12.8 Å². The van der Waals surface area contributed by atoms with Crippen LogP contribution in [0.2, 0.25) is 0 Å². The summed E-state index contributed by atoms with van der Waals surface area (Å²) < 4.78 is 13.8. The van der Waals surface area contributed by atoms with Gasteiger partial charge in [-0.1, -0.05) is 90.9 Å². The van der Waals surface area contributed by atoms with Gasteiger partial charge in [0.05, 0.1) is 0 Å². The van der Waals surface area contributed by atoms with Gasteiger partial charge >= 0.3 is 0 Å². The Bertz CT molecular complexity index is 204. The molecule has 0 bridgehead atoms. The first-order chi connectivity index (χ1) is 10.1. The van der Waals surface area contributed by atoms with E-state index >= 15 is 0 Å². The van der Waals surface area contributed by atoms with E-state index in [9.17, 15) is 9.50 Å². The third-order valence-corrected chi connectivity index (χ3v) is 4.33. The first kappa shape index (κ1) is 20.9. The number of rotatable bonds is 16. The van der Waals surface area contributed by atoms with Crippen LogP contribution in [0.3, 0.4) is 0 Å². The molecule has 0 rings (SSSR count). The van der Waals surface area contributed by atoms with Crippen molar-refractivity contribution in [3.8, 4) is 0 Å².